The molecule has 2 aromatic rings. The van der Waals surface area contributed by atoms with Crippen LogP contribution >= 0.6 is 0 Å². The van der Waals surface area contributed by atoms with E-state index in [4.69, 9.17) is 9.84 Å². The van der Waals surface area contributed by atoms with E-state index < -0.39 is 11.8 Å². The number of benzene rings is 1. The third kappa shape index (κ3) is 1.56. The van der Waals surface area contributed by atoms with Gasteiger partial charge in [0, 0.05) is 5.39 Å². The van der Waals surface area contributed by atoms with Crippen LogP contribution in [0.4, 0.5) is 4.39 Å². The standard InChI is InChI=1S/C11H8FNO3/c1-16-9-5-3-7(12)10-6(9)2-4-8(13-10)11(14)15/h2-5H,1H3,(H,14,15). The fourth-order valence-corrected chi connectivity index (χ4v) is 1.45. The van der Waals surface area contributed by atoms with Gasteiger partial charge in [0.15, 0.2) is 0 Å². The van der Waals surface area contributed by atoms with Crippen LogP contribution in [0.25, 0.3) is 10.9 Å². The van der Waals surface area contributed by atoms with Crippen LogP contribution in [-0.2, 0) is 0 Å². The largest absolute Gasteiger partial charge is 0.496 e. The molecule has 1 heterocycles. The molecule has 0 unspecified atom stereocenters. The lowest BCUT2D eigenvalue weighted by molar-refractivity contribution is 0.0691. The zero-order valence-corrected chi connectivity index (χ0v) is 8.40. The molecular formula is C11H8FNO3. The number of aromatic nitrogens is 1. The van der Waals surface area contributed by atoms with E-state index in [1.807, 2.05) is 0 Å². The fraction of sp³-hybridized carbons (Fsp3) is 0.0909. The average Bonchev–Trinajstić information content (AvgIpc) is 2.29. The minimum atomic E-state index is -1.19. The van der Waals surface area contributed by atoms with E-state index in [9.17, 15) is 9.18 Å². The normalized spacial score (nSPS) is 10.4. The summed E-state index contributed by atoms with van der Waals surface area (Å²) in [6, 6.07) is 5.46. The molecule has 0 saturated heterocycles. The van der Waals surface area contributed by atoms with Crippen LogP contribution in [0.5, 0.6) is 5.75 Å². The Hall–Kier alpha value is -2.17. The van der Waals surface area contributed by atoms with E-state index in [2.05, 4.69) is 4.98 Å². The van der Waals surface area contributed by atoms with E-state index in [-0.39, 0.29) is 11.2 Å². The van der Waals surface area contributed by atoms with Gasteiger partial charge >= 0.3 is 5.97 Å². The highest BCUT2D eigenvalue weighted by atomic mass is 19.1. The number of pyridine rings is 1. The SMILES string of the molecule is COc1ccc(F)c2nc(C(=O)O)ccc12. The van der Waals surface area contributed by atoms with E-state index in [1.54, 1.807) is 0 Å². The number of methoxy groups -OCH3 is 1. The lowest BCUT2D eigenvalue weighted by Crippen LogP contribution is -2.01. The van der Waals surface area contributed by atoms with Crippen molar-refractivity contribution in [1.29, 1.82) is 0 Å². The third-order valence-corrected chi connectivity index (χ3v) is 2.21. The molecule has 0 atom stereocenters. The molecular weight excluding hydrogens is 213 g/mol. The maximum Gasteiger partial charge on any atom is 0.354 e. The van der Waals surface area contributed by atoms with Crippen molar-refractivity contribution >= 4 is 16.9 Å². The molecule has 0 aliphatic carbocycles. The van der Waals surface area contributed by atoms with Crippen molar-refractivity contribution in [2.24, 2.45) is 0 Å². The maximum absolute atomic E-state index is 13.4. The summed E-state index contributed by atoms with van der Waals surface area (Å²) in [6.45, 7) is 0. The minimum Gasteiger partial charge on any atom is -0.496 e. The maximum atomic E-state index is 13.4. The molecule has 1 aromatic carbocycles. The van der Waals surface area contributed by atoms with Gasteiger partial charge in [0.05, 0.1) is 7.11 Å². The second kappa shape index (κ2) is 3.77. The molecule has 0 bridgehead atoms. The average molecular weight is 221 g/mol. The molecule has 0 aliphatic rings. The summed E-state index contributed by atoms with van der Waals surface area (Å²) in [5.41, 5.74) is -0.195. The summed E-state index contributed by atoms with van der Waals surface area (Å²) in [6.07, 6.45) is 0. The summed E-state index contributed by atoms with van der Waals surface area (Å²) in [7, 11) is 1.46. The monoisotopic (exact) mass is 221 g/mol. The van der Waals surface area contributed by atoms with Crippen LogP contribution < -0.4 is 4.74 Å². The number of ether oxygens (including phenoxy) is 1. The molecule has 0 spiro atoms. The number of rotatable bonds is 2. The highest BCUT2D eigenvalue weighted by Crippen LogP contribution is 2.26. The molecule has 0 saturated carbocycles. The number of carboxylic acid groups (broad SMARTS) is 1. The Bertz CT molecular complexity index is 568. The Labute approximate surface area is 90.3 Å². The van der Waals surface area contributed by atoms with E-state index in [1.165, 1.54) is 31.4 Å². The van der Waals surface area contributed by atoms with Gasteiger partial charge in [0.1, 0.15) is 22.8 Å². The Morgan fingerprint density at radius 3 is 2.75 bits per heavy atom. The van der Waals surface area contributed by atoms with Crippen molar-refractivity contribution in [3.63, 3.8) is 0 Å². The van der Waals surface area contributed by atoms with Crippen LogP contribution in [0.3, 0.4) is 0 Å². The lowest BCUT2D eigenvalue weighted by atomic mass is 10.1. The third-order valence-electron chi connectivity index (χ3n) is 2.21. The smallest absolute Gasteiger partial charge is 0.354 e. The first-order valence-electron chi connectivity index (χ1n) is 4.50. The van der Waals surface area contributed by atoms with Gasteiger partial charge in [-0.15, -0.1) is 0 Å². The first-order valence-corrected chi connectivity index (χ1v) is 4.50. The van der Waals surface area contributed by atoms with Crippen LogP contribution in [0.1, 0.15) is 10.5 Å². The van der Waals surface area contributed by atoms with Crippen LogP contribution in [0.2, 0.25) is 0 Å². The van der Waals surface area contributed by atoms with Gasteiger partial charge in [-0.1, -0.05) is 0 Å². The lowest BCUT2D eigenvalue weighted by Gasteiger charge is -2.05. The predicted octanol–water partition coefficient (Wildman–Crippen LogP) is 2.08. The zero-order chi connectivity index (χ0) is 11.7. The molecule has 0 fully saturated rings. The van der Waals surface area contributed by atoms with Crippen LogP contribution in [0.15, 0.2) is 24.3 Å². The summed E-state index contributed by atoms with van der Waals surface area (Å²) in [4.78, 5) is 14.4. The number of carbonyl (C=O) groups is 1. The molecule has 5 heteroatoms. The molecule has 1 aromatic heterocycles. The van der Waals surface area contributed by atoms with Gasteiger partial charge in [-0.05, 0) is 24.3 Å². The first kappa shape index (κ1) is 10.4. The molecule has 1 N–H and O–H groups in total. The molecule has 0 aliphatic heterocycles. The van der Waals surface area contributed by atoms with Gasteiger partial charge in [0.2, 0.25) is 0 Å². The second-order valence-electron chi connectivity index (χ2n) is 3.15. The highest BCUT2D eigenvalue weighted by molar-refractivity contribution is 5.92. The highest BCUT2D eigenvalue weighted by Gasteiger charge is 2.11. The van der Waals surface area contributed by atoms with Crippen molar-refractivity contribution in [2.45, 2.75) is 0 Å². The van der Waals surface area contributed by atoms with Crippen molar-refractivity contribution < 1.29 is 19.0 Å². The van der Waals surface area contributed by atoms with Crippen molar-refractivity contribution in [3.05, 3.63) is 35.8 Å². The topological polar surface area (TPSA) is 59.4 Å². The summed E-state index contributed by atoms with van der Waals surface area (Å²) in [5, 5.41) is 9.20. The molecule has 0 amide bonds. The Morgan fingerprint density at radius 2 is 2.12 bits per heavy atom. The van der Waals surface area contributed by atoms with Gasteiger partial charge < -0.3 is 9.84 Å². The van der Waals surface area contributed by atoms with Crippen LogP contribution in [-0.4, -0.2) is 23.2 Å². The molecule has 16 heavy (non-hydrogen) atoms. The molecule has 4 nitrogen and oxygen atoms in total. The van der Waals surface area contributed by atoms with E-state index in [0.29, 0.717) is 11.1 Å². The molecule has 82 valence electrons. The summed E-state index contributed by atoms with van der Waals surface area (Å²) < 4.78 is 18.5. The van der Waals surface area contributed by atoms with Gasteiger partial charge in [-0.25, -0.2) is 14.2 Å². The minimum absolute atomic E-state index is 0.000694. The number of halogens is 1. The van der Waals surface area contributed by atoms with Gasteiger partial charge in [-0.2, -0.15) is 0 Å². The summed E-state index contributed by atoms with van der Waals surface area (Å²) >= 11 is 0. The number of hydrogen-bond acceptors (Lipinski definition) is 3. The summed E-state index contributed by atoms with van der Waals surface area (Å²) in [5.74, 6) is -1.30. The number of aromatic carboxylic acids is 1. The zero-order valence-electron chi connectivity index (χ0n) is 8.40. The Kier molecular flexibility index (Phi) is 2.44. The molecule has 0 radical (unpaired) electrons. The Morgan fingerprint density at radius 1 is 1.38 bits per heavy atom. The van der Waals surface area contributed by atoms with E-state index in [0.717, 1.165) is 0 Å². The quantitative estimate of drug-likeness (QED) is 0.843. The fourth-order valence-electron chi connectivity index (χ4n) is 1.45. The number of carboxylic acids is 1. The second-order valence-corrected chi connectivity index (χ2v) is 3.15. The van der Waals surface area contributed by atoms with Gasteiger partial charge in [-0.3, -0.25) is 0 Å². The molecule has 2 rings (SSSR count). The number of fused-ring (bicyclic) bond motifs is 1. The van der Waals surface area contributed by atoms with Crippen molar-refractivity contribution in [2.75, 3.05) is 7.11 Å². The van der Waals surface area contributed by atoms with Crippen LogP contribution in [0, 0.1) is 5.82 Å². The van der Waals surface area contributed by atoms with Crippen molar-refractivity contribution in [1.82, 2.24) is 4.98 Å². The van der Waals surface area contributed by atoms with Crippen molar-refractivity contribution in [3.8, 4) is 5.75 Å². The predicted molar refractivity (Wildman–Crippen MR) is 55.2 cm³/mol. The van der Waals surface area contributed by atoms with E-state index >= 15 is 0 Å². The number of hydrogen-bond donors (Lipinski definition) is 1. The first-order chi connectivity index (χ1) is 7.63. The van der Waals surface area contributed by atoms with Gasteiger partial charge in [0.25, 0.3) is 0 Å². The number of nitrogens with zero attached hydrogens (tertiary/aromatic N) is 1. The Balaban J connectivity index is 2.77.